The molecule has 4 rings (SSSR count). The van der Waals surface area contributed by atoms with Gasteiger partial charge in [-0.25, -0.2) is 0 Å². The van der Waals surface area contributed by atoms with Gasteiger partial charge in [0.05, 0.1) is 12.2 Å². The zero-order valence-corrected chi connectivity index (χ0v) is 15.1. The monoisotopic (exact) mass is 356 g/mol. The highest BCUT2D eigenvalue weighted by Crippen LogP contribution is 2.67. The van der Waals surface area contributed by atoms with Crippen molar-refractivity contribution in [3.8, 4) is 0 Å². The van der Waals surface area contributed by atoms with E-state index in [-0.39, 0.29) is 41.4 Å². The van der Waals surface area contributed by atoms with Crippen LogP contribution in [0.2, 0.25) is 0 Å². The highest BCUT2D eigenvalue weighted by molar-refractivity contribution is 5.13. The van der Waals surface area contributed by atoms with Crippen molar-refractivity contribution in [3.63, 3.8) is 0 Å². The fourth-order valence-corrected chi connectivity index (χ4v) is 7.31. The van der Waals surface area contributed by atoms with E-state index in [1.54, 1.807) is 0 Å². The average molecular weight is 356 g/mol. The van der Waals surface area contributed by atoms with Gasteiger partial charge in [-0.2, -0.15) is 0 Å². The first-order valence-corrected chi connectivity index (χ1v) is 9.68. The maximum Gasteiger partial charge on any atom is 0.218 e. The van der Waals surface area contributed by atoms with Gasteiger partial charge in [-0.15, -0.1) is 0 Å². The van der Waals surface area contributed by atoms with E-state index in [1.165, 1.54) is 0 Å². The first-order chi connectivity index (χ1) is 11.4. The zero-order valence-electron chi connectivity index (χ0n) is 15.1. The first kappa shape index (κ1) is 18.1. The molecule has 0 saturated heterocycles. The normalized spacial score (nSPS) is 56.6. The molecule has 0 aromatic heterocycles. The summed E-state index contributed by atoms with van der Waals surface area (Å²) in [7, 11) is 0. The van der Waals surface area contributed by atoms with Gasteiger partial charge in [0.2, 0.25) is 11.6 Å². The lowest BCUT2D eigenvalue weighted by molar-refractivity contribution is -0.398. The SMILES string of the molecule is C[C@]12CC[C@H]3[C@@H](CCC4CC(O)(O)C(O)(O)C[C@@]43C)[C@@H]1C[C@H](O)[C@@H]2O. The summed E-state index contributed by atoms with van der Waals surface area (Å²) in [6.45, 7) is 4.15. The summed E-state index contributed by atoms with van der Waals surface area (Å²) in [5.74, 6) is -4.13. The van der Waals surface area contributed by atoms with Crippen LogP contribution in [0.25, 0.3) is 0 Å². The Morgan fingerprint density at radius 2 is 1.48 bits per heavy atom. The fourth-order valence-electron chi connectivity index (χ4n) is 7.31. The second-order valence-corrected chi connectivity index (χ2v) is 9.96. The number of aliphatic hydroxyl groups excluding tert-OH is 2. The molecule has 0 spiro atoms. The molecule has 0 bridgehead atoms. The Balaban J connectivity index is 1.67. The van der Waals surface area contributed by atoms with Crippen LogP contribution in [0.1, 0.15) is 58.8 Å². The Morgan fingerprint density at radius 3 is 2.16 bits per heavy atom. The van der Waals surface area contributed by atoms with Crippen molar-refractivity contribution in [1.82, 2.24) is 0 Å². The minimum atomic E-state index is -2.50. The van der Waals surface area contributed by atoms with E-state index in [0.29, 0.717) is 12.3 Å². The molecule has 0 aromatic rings. The van der Waals surface area contributed by atoms with Crippen molar-refractivity contribution in [1.29, 1.82) is 0 Å². The molecule has 1 unspecified atom stereocenters. The smallest absolute Gasteiger partial charge is 0.218 e. The third kappa shape index (κ3) is 2.25. The number of aliphatic hydroxyl groups is 6. The Labute approximate surface area is 148 Å². The Bertz CT molecular complexity index is 562. The molecule has 4 aliphatic rings. The predicted octanol–water partition coefficient (Wildman–Crippen LogP) is 0.332. The molecule has 4 saturated carbocycles. The quantitative estimate of drug-likeness (QED) is 0.348. The van der Waals surface area contributed by atoms with Gasteiger partial charge in [-0.05, 0) is 66.6 Å². The number of hydrogen-bond acceptors (Lipinski definition) is 6. The second kappa shape index (κ2) is 5.18. The van der Waals surface area contributed by atoms with Crippen LogP contribution in [0, 0.1) is 34.5 Å². The van der Waals surface area contributed by atoms with E-state index >= 15 is 0 Å². The average Bonchev–Trinajstić information content (AvgIpc) is 2.72. The predicted molar refractivity (Wildman–Crippen MR) is 88.8 cm³/mol. The Hall–Kier alpha value is -0.240. The zero-order chi connectivity index (χ0) is 18.4. The third-order valence-corrected chi connectivity index (χ3v) is 8.84. The molecule has 0 aliphatic heterocycles. The second-order valence-electron chi connectivity index (χ2n) is 9.96. The van der Waals surface area contributed by atoms with Crippen LogP contribution in [0.15, 0.2) is 0 Å². The van der Waals surface area contributed by atoms with Gasteiger partial charge in [-0.3, -0.25) is 0 Å². The van der Waals surface area contributed by atoms with Crippen molar-refractivity contribution in [3.05, 3.63) is 0 Å². The molecule has 4 aliphatic carbocycles. The maximum absolute atomic E-state index is 10.5. The van der Waals surface area contributed by atoms with Crippen LogP contribution in [0.4, 0.5) is 0 Å². The first-order valence-electron chi connectivity index (χ1n) is 9.68. The van der Waals surface area contributed by atoms with Gasteiger partial charge in [0.1, 0.15) is 0 Å². The maximum atomic E-state index is 10.5. The van der Waals surface area contributed by atoms with Crippen molar-refractivity contribution in [2.75, 3.05) is 0 Å². The minimum absolute atomic E-state index is 0.0209. The molecule has 144 valence electrons. The number of rotatable bonds is 0. The summed E-state index contributed by atoms with van der Waals surface area (Å²) < 4.78 is 0. The molecule has 8 atom stereocenters. The summed E-state index contributed by atoms with van der Waals surface area (Å²) in [6.07, 6.45) is 2.60. The molecule has 0 aromatic carbocycles. The van der Waals surface area contributed by atoms with Gasteiger partial charge in [0.15, 0.2) is 0 Å². The van der Waals surface area contributed by atoms with Crippen molar-refractivity contribution in [2.45, 2.75) is 82.6 Å². The summed E-state index contributed by atoms with van der Waals surface area (Å²) in [5, 5.41) is 61.5. The van der Waals surface area contributed by atoms with Gasteiger partial charge in [0, 0.05) is 12.8 Å². The number of fused-ring (bicyclic) bond motifs is 5. The fraction of sp³-hybridized carbons (Fsp3) is 1.00. The third-order valence-electron chi connectivity index (χ3n) is 8.84. The van der Waals surface area contributed by atoms with Gasteiger partial charge < -0.3 is 30.6 Å². The topological polar surface area (TPSA) is 121 Å². The van der Waals surface area contributed by atoms with Gasteiger partial charge in [-0.1, -0.05) is 13.8 Å². The van der Waals surface area contributed by atoms with E-state index in [1.807, 2.05) is 0 Å². The lowest BCUT2D eigenvalue weighted by atomic mass is 9.44. The van der Waals surface area contributed by atoms with Crippen molar-refractivity contribution >= 4 is 0 Å². The summed E-state index contributed by atoms with van der Waals surface area (Å²) in [6, 6.07) is 0. The van der Waals surface area contributed by atoms with Crippen LogP contribution in [-0.2, 0) is 0 Å². The lowest BCUT2D eigenvalue weighted by Crippen LogP contribution is -2.66. The van der Waals surface area contributed by atoms with Crippen LogP contribution < -0.4 is 0 Å². The molecule has 0 amide bonds. The highest BCUT2D eigenvalue weighted by atomic mass is 16.6. The molecule has 6 heteroatoms. The molecule has 6 nitrogen and oxygen atoms in total. The van der Waals surface area contributed by atoms with Crippen LogP contribution in [0.3, 0.4) is 0 Å². The van der Waals surface area contributed by atoms with Gasteiger partial charge >= 0.3 is 0 Å². The standard InChI is InChI=1S/C19H32O6/c1-16-6-5-12-11(13(16)7-14(20)15(16)21)4-3-10-8-18(22,23)19(24,25)9-17(10,12)2/h10-15,20-25H,3-9H2,1-2H3/t10?,11-,12+,13+,14+,15+,16+,17+/m1/s1. The molecular formula is C19H32O6. The highest BCUT2D eigenvalue weighted by Gasteiger charge is 2.67. The summed E-state index contributed by atoms with van der Waals surface area (Å²) >= 11 is 0. The van der Waals surface area contributed by atoms with E-state index in [4.69, 9.17) is 0 Å². The van der Waals surface area contributed by atoms with Crippen molar-refractivity contribution < 1.29 is 30.6 Å². The molecule has 25 heavy (non-hydrogen) atoms. The number of hydrogen-bond donors (Lipinski definition) is 6. The Morgan fingerprint density at radius 1 is 0.800 bits per heavy atom. The van der Waals surface area contributed by atoms with Gasteiger partial charge in [0.25, 0.3) is 0 Å². The minimum Gasteiger partial charge on any atom is -0.390 e. The molecular weight excluding hydrogens is 324 g/mol. The van der Waals surface area contributed by atoms with Crippen LogP contribution >= 0.6 is 0 Å². The summed E-state index contributed by atoms with van der Waals surface area (Å²) in [5.41, 5.74) is -0.646. The molecule has 6 N–H and O–H groups in total. The van der Waals surface area contributed by atoms with E-state index in [2.05, 4.69) is 13.8 Å². The van der Waals surface area contributed by atoms with Crippen molar-refractivity contribution in [2.24, 2.45) is 34.5 Å². The molecule has 0 radical (unpaired) electrons. The van der Waals surface area contributed by atoms with E-state index < -0.39 is 23.8 Å². The lowest BCUT2D eigenvalue weighted by Gasteiger charge is -2.63. The van der Waals surface area contributed by atoms with Crippen LogP contribution in [-0.4, -0.2) is 54.4 Å². The van der Waals surface area contributed by atoms with E-state index in [0.717, 1.165) is 25.7 Å². The van der Waals surface area contributed by atoms with E-state index in [9.17, 15) is 30.6 Å². The Kier molecular flexibility index (Phi) is 3.76. The largest absolute Gasteiger partial charge is 0.390 e. The molecule has 0 heterocycles. The molecule has 4 fully saturated rings. The summed E-state index contributed by atoms with van der Waals surface area (Å²) in [4.78, 5) is 0. The van der Waals surface area contributed by atoms with Crippen LogP contribution in [0.5, 0.6) is 0 Å².